The maximum atomic E-state index is 5.81. The summed E-state index contributed by atoms with van der Waals surface area (Å²) < 4.78 is 5.81. The Balaban J connectivity index is 1.73. The lowest BCUT2D eigenvalue weighted by molar-refractivity contribution is 0.361. The molecule has 1 aromatic carbocycles. The average Bonchev–Trinajstić information content (AvgIpc) is 2.76. The summed E-state index contributed by atoms with van der Waals surface area (Å²) in [6.07, 6.45) is 8.30. The first-order valence-corrected chi connectivity index (χ1v) is 7.41. The van der Waals surface area contributed by atoms with Crippen LogP contribution >= 0.6 is 12.2 Å². The predicted molar refractivity (Wildman–Crippen MR) is 82.8 cm³/mol. The van der Waals surface area contributed by atoms with Crippen LogP contribution in [0, 0.1) is 0 Å². The van der Waals surface area contributed by atoms with Crippen LogP contribution in [-0.2, 0) is 0 Å². The van der Waals surface area contributed by atoms with E-state index in [1.165, 1.54) is 25.7 Å². The van der Waals surface area contributed by atoms with Crippen molar-refractivity contribution in [1.82, 2.24) is 14.9 Å². The van der Waals surface area contributed by atoms with Crippen LogP contribution in [0.25, 0.3) is 11.0 Å². The molecule has 0 unspecified atom stereocenters. The average molecular weight is 287 g/mol. The molecule has 2 aromatic rings. The molecule has 5 heteroatoms. The number of fused-ring (bicyclic) bond motifs is 1. The standard InChI is InChI=1S/C15H17N3OS/c20-15(18-9-3-1-2-4-10-18)19-12-5-6-13-14(11-12)17-8-7-16-13/h5-8,11H,1-4,9-10H2. The monoisotopic (exact) mass is 287 g/mol. The minimum absolute atomic E-state index is 0.565. The second-order valence-corrected chi connectivity index (χ2v) is 5.33. The minimum Gasteiger partial charge on any atom is -0.432 e. The third-order valence-corrected chi connectivity index (χ3v) is 3.85. The molecule has 0 spiro atoms. The van der Waals surface area contributed by atoms with E-state index in [0.717, 1.165) is 29.9 Å². The third kappa shape index (κ3) is 3.04. The third-order valence-electron chi connectivity index (χ3n) is 3.51. The van der Waals surface area contributed by atoms with Gasteiger partial charge in [-0.3, -0.25) is 9.97 Å². The maximum Gasteiger partial charge on any atom is 0.264 e. The number of hydrogen-bond acceptors (Lipinski definition) is 4. The summed E-state index contributed by atoms with van der Waals surface area (Å²) in [5, 5.41) is 0.565. The molecule has 1 fully saturated rings. The van der Waals surface area contributed by atoms with Crippen LogP contribution in [0.2, 0.25) is 0 Å². The highest BCUT2D eigenvalue weighted by molar-refractivity contribution is 7.80. The van der Waals surface area contributed by atoms with Crippen LogP contribution in [-0.4, -0.2) is 33.1 Å². The van der Waals surface area contributed by atoms with E-state index in [0.29, 0.717) is 5.17 Å². The van der Waals surface area contributed by atoms with Crippen molar-refractivity contribution in [3.05, 3.63) is 30.6 Å². The van der Waals surface area contributed by atoms with Crippen LogP contribution in [0.5, 0.6) is 5.75 Å². The van der Waals surface area contributed by atoms with Crippen molar-refractivity contribution >= 4 is 28.4 Å². The summed E-state index contributed by atoms with van der Waals surface area (Å²) in [7, 11) is 0. The van der Waals surface area contributed by atoms with Gasteiger partial charge < -0.3 is 9.64 Å². The summed E-state index contributed by atoms with van der Waals surface area (Å²) in [6.45, 7) is 1.98. The topological polar surface area (TPSA) is 38.3 Å². The van der Waals surface area contributed by atoms with Crippen molar-refractivity contribution in [3.8, 4) is 5.75 Å². The molecule has 2 heterocycles. The summed E-state index contributed by atoms with van der Waals surface area (Å²) in [5.74, 6) is 0.729. The second kappa shape index (κ2) is 6.13. The number of benzene rings is 1. The van der Waals surface area contributed by atoms with Crippen LogP contribution < -0.4 is 4.74 Å². The smallest absolute Gasteiger partial charge is 0.264 e. The highest BCUT2D eigenvalue weighted by Crippen LogP contribution is 2.19. The molecule has 0 saturated carbocycles. The van der Waals surface area contributed by atoms with E-state index in [9.17, 15) is 0 Å². The molecule has 104 valence electrons. The number of ether oxygens (including phenoxy) is 1. The van der Waals surface area contributed by atoms with Crippen molar-refractivity contribution in [3.63, 3.8) is 0 Å². The Kier molecular flexibility index (Phi) is 4.06. The molecule has 0 amide bonds. The van der Waals surface area contributed by atoms with Gasteiger partial charge in [0, 0.05) is 31.5 Å². The molecule has 0 radical (unpaired) electrons. The first-order valence-electron chi connectivity index (χ1n) is 7.00. The summed E-state index contributed by atoms with van der Waals surface area (Å²) in [4.78, 5) is 10.7. The fourth-order valence-corrected chi connectivity index (χ4v) is 2.70. The molecule has 1 aromatic heterocycles. The Morgan fingerprint density at radius 3 is 2.45 bits per heavy atom. The molecule has 4 nitrogen and oxygen atoms in total. The Morgan fingerprint density at radius 2 is 1.70 bits per heavy atom. The highest BCUT2D eigenvalue weighted by Gasteiger charge is 2.14. The van der Waals surface area contributed by atoms with Gasteiger partial charge in [-0.25, -0.2) is 0 Å². The number of likely N-dealkylation sites (tertiary alicyclic amines) is 1. The summed E-state index contributed by atoms with van der Waals surface area (Å²) >= 11 is 5.41. The molecular weight excluding hydrogens is 270 g/mol. The molecule has 0 atom stereocenters. The number of nitrogens with zero attached hydrogens (tertiary/aromatic N) is 3. The number of aromatic nitrogens is 2. The molecular formula is C15H17N3OS. The molecule has 1 aliphatic heterocycles. The van der Waals surface area contributed by atoms with Crippen molar-refractivity contribution in [2.24, 2.45) is 0 Å². The predicted octanol–water partition coefficient (Wildman–Crippen LogP) is 3.17. The quantitative estimate of drug-likeness (QED) is 0.753. The van der Waals surface area contributed by atoms with Gasteiger partial charge in [-0.2, -0.15) is 0 Å². The SMILES string of the molecule is S=C(Oc1ccc2nccnc2c1)N1CCCCCC1. The van der Waals surface area contributed by atoms with E-state index in [1.807, 2.05) is 18.2 Å². The van der Waals surface area contributed by atoms with Gasteiger partial charge in [0.15, 0.2) is 0 Å². The van der Waals surface area contributed by atoms with E-state index >= 15 is 0 Å². The molecule has 1 saturated heterocycles. The van der Waals surface area contributed by atoms with Crippen molar-refractivity contribution in [1.29, 1.82) is 0 Å². The van der Waals surface area contributed by atoms with Gasteiger partial charge in [0.25, 0.3) is 5.17 Å². The van der Waals surface area contributed by atoms with Gasteiger partial charge >= 0.3 is 0 Å². The molecule has 1 aliphatic rings. The highest BCUT2D eigenvalue weighted by atomic mass is 32.1. The van der Waals surface area contributed by atoms with E-state index in [1.54, 1.807) is 12.4 Å². The second-order valence-electron chi connectivity index (χ2n) is 4.98. The summed E-state index contributed by atoms with van der Waals surface area (Å²) in [5.41, 5.74) is 1.68. The molecule has 20 heavy (non-hydrogen) atoms. The van der Waals surface area contributed by atoms with Crippen molar-refractivity contribution < 1.29 is 4.74 Å². The van der Waals surface area contributed by atoms with Crippen molar-refractivity contribution in [2.45, 2.75) is 25.7 Å². The van der Waals surface area contributed by atoms with Gasteiger partial charge in [-0.05, 0) is 37.2 Å². The fourth-order valence-electron chi connectivity index (χ4n) is 2.43. The number of rotatable bonds is 1. The lowest BCUT2D eigenvalue weighted by Crippen LogP contribution is -2.34. The Bertz CT molecular complexity index is 609. The number of hydrogen-bond donors (Lipinski definition) is 0. The normalized spacial score (nSPS) is 15.9. The van der Waals surface area contributed by atoms with Gasteiger partial charge in [0.1, 0.15) is 5.75 Å². The first-order chi connectivity index (χ1) is 9.83. The van der Waals surface area contributed by atoms with Gasteiger partial charge in [0.2, 0.25) is 0 Å². The zero-order valence-electron chi connectivity index (χ0n) is 11.3. The van der Waals surface area contributed by atoms with E-state index in [4.69, 9.17) is 17.0 Å². The Hall–Kier alpha value is -1.75. The summed E-state index contributed by atoms with van der Waals surface area (Å²) in [6, 6.07) is 5.68. The Morgan fingerprint density at radius 1 is 1.00 bits per heavy atom. The van der Waals surface area contributed by atoms with E-state index < -0.39 is 0 Å². The zero-order valence-corrected chi connectivity index (χ0v) is 12.1. The van der Waals surface area contributed by atoms with Crippen LogP contribution in [0.4, 0.5) is 0 Å². The van der Waals surface area contributed by atoms with Gasteiger partial charge in [-0.15, -0.1) is 0 Å². The number of thiocarbonyl (C=S) groups is 1. The van der Waals surface area contributed by atoms with Crippen LogP contribution in [0.3, 0.4) is 0 Å². The first kappa shape index (κ1) is 13.2. The minimum atomic E-state index is 0.565. The molecule has 0 aliphatic carbocycles. The van der Waals surface area contributed by atoms with Gasteiger partial charge in [-0.1, -0.05) is 12.8 Å². The zero-order chi connectivity index (χ0) is 13.8. The van der Waals surface area contributed by atoms with Crippen molar-refractivity contribution in [2.75, 3.05) is 13.1 Å². The fraction of sp³-hybridized carbons (Fsp3) is 0.400. The maximum absolute atomic E-state index is 5.81. The largest absolute Gasteiger partial charge is 0.432 e. The Labute approximate surface area is 123 Å². The lowest BCUT2D eigenvalue weighted by Gasteiger charge is -2.22. The van der Waals surface area contributed by atoms with E-state index in [2.05, 4.69) is 14.9 Å². The van der Waals surface area contributed by atoms with Gasteiger partial charge in [0.05, 0.1) is 11.0 Å². The molecule has 0 N–H and O–H groups in total. The lowest BCUT2D eigenvalue weighted by atomic mass is 10.2. The molecule has 0 bridgehead atoms. The van der Waals surface area contributed by atoms with Crippen LogP contribution in [0.1, 0.15) is 25.7 Å². The molecule has 3 rings (SSSR count). The van der Waals surface area contributed by atoms with Crippen LogP contribution in [0.15, 0.2) is 30.6 Å². The van der Waals surface area contributed by atoms with E-state index in [-0.39, 0.29) is 0 Å².